The second-order valence-electron chi connectivity index (χ2n) is 3.09. The molecule has 0 saturated heterocycles. The van der Waals surface area contributed by atoms with Crippen molar-refractivity contribution in [2.24, 2.45) is 0 Å². The highest BCUT2D eigenvalue weighted by Gasteiger charge is 1.84. The largest absolute Gasteiger partial charge is 0.394 e. The van der Waals surface area contributed by atoms with Crippen LogP contribution in [0.15, 0.2) is 0 Å². The zero-order valence-electron chi connectivity index (χ0n) is 10.8. The second kappa shape index (κ2) is 30.6. The highest BCUT2D eigenvalue weighted by molar-refractivity contribution is 5.86. The van der Waals surface area contributed by atoms with Crippen LogP contribution in [-0.4, -0.2) is 68.8 Å². The zero-order chi connectivity index (χ0) is 12.9. The van der Waals surface area contributed by atoms with E-state index in [2.05, 4.69) is 0 Å². The molecule has 6 N–H and O–H groups in total. The lowest BCUT2D eigenvalue weighted by Gasteiger charge is -1.90. The summed E-state index contributed by atoms with van der Waals surface area (Å²) in [5.74, 6) is 0. The Labute approximate surface area is 127 Å². The lowest BCUT2D eigenvalue weighted by molar-refractivity contribution is 0.110. The first-order chi connectivity index (χ1) is 6.81. The van der Waals surface area contributed by atoms with Crippen molar-refractivity contribution < 1.29 is 30.6 Å². The van der Waals surface area contributed by atoms with E-state index >= 15 is 0 Å². The van der Waals surface area contributed by atoms with Gasteiger partial charge in [-0.15, -0.1) is 37.2 Å². The van der Waals surface area contributed by atoms with Gasteiger partial charge in [-0.2, -0.15) is 0 Å². The third-order valence-electron chi connectivity index (χ3n) is 0.793. The summed E-state index contributed by atoms with van der Waals surface area (Å²) in [7, 11) is 0. The minimum Gasteiger partial charge on any atom is -0.394 e. The Balaban J connectivity index is -0.0000000277. The maximum Gasteiger partial charge on any atom is 0.0742 e. The maximum absolute atomic E-state index is 8.11. The summed E-state index contributed by atoms with van der Waals surface area (Å²) in [5.41, 5.74) is 0. The fourth-order valence-corrected chi connectivity index (χ4v) is 0. The number of aliphatic hydroxyl groups excluding tert-OH is 6. The van der Waals surface area contributed by atoms with Crippen molar-refractivity contribution in [1.29, 1.82) is 0 Å². The van der Waals surface area contributed by atoms with E-state index in [0.717, 1.165) is 0 Å². The van der Waals surface area contributed by atoms with Gasteiger partial charge in [0.05, 0.1) is 38.1 Å². The summed E-state index contributed by atoms with van der Waals surface area (Å²) in [4.78, 5) is 0. The van der Waals surface area contributed by atoms with Gasteiger partial charge in [-0.05, 0) is 20.8 Å². The second-order valence-corrected chi connectivity index (χ2v) is 3.09. The molecule has 3 atom stereocenters. The van der Waals surface area contributed by atoms with E-state index < -0.39 is 18.3 Å². The molecule has 0 aliphatic heterocycles. The van der Waals surface area contributed by atoms with Crippen molar-refractivity contribution in [3.05, 3.63) is 0 Å². The zero-order valence-corrected chi connectivity index (χ0v) is 13.2. The van der Waals surface area contributed by atoms with Gasteiger partial charge in [0.1, 0.15) is 0 Å². The van der Waals surface area contributed by atoms with Crippen LogP contribution >= 0.6 is 37.2 Å². The minimum absolute atomic E-state index is 0. The van der Waals surface area contributed by atoms with Crippen LogP contribution in [0.25, 0.3) is 0 Å². The van der Waals surface area contributed by atoms with Crippen LogP contribution in [0, 0.1) is 0 Å². The minimum atomic E-state index is -0.560. The van der Waals surface area contributed by atoms with E-state index in [1.807, 2.05) is 0 Å². The molecule has 0 aromatic carbocycles. The molecule has 0 aromatic rings. The van der Waals surface area contributed by atoms with Gasteiger partial charge in [-0.1, -0.05) is 0 Å². The molecule has 0 spiro atoms. The topological polar surface area (TPSA) is 121 Å². The van der Waals surface area contributed by atoms with E-state index in [4.69, 9.17) is 30.6 Å². The third-order valence-corrected chi connectivity index (χ3v) is 0.793. The maximum atomic E-state index is 8.11. The van der Waals surface area contributed by atoms with Gasteiger partial charge < -0.3 is 30.6 Å². The number of hydrogen-bond donors (Lipinski definition) is 6. The highest BCUT2D eigenvalue weighted by atomic mass is 35.5. The predicted molar refractivity (Wildman–Crippen MR) is 78.0 cm³/mol. The number of aliphatic hydroxyl groups is 6. The molecule has 3 unspecified atom stereocenters. The first kappa shape index (κ1) is 36.3. The molecule has 18 heavy (non-hydrogen) atoms. The lowest BCUT2D eigenvalue weighted by Crippen LogP contribution is -2.03. The van der Waals surface area contributed by atoms with Crippen LogP contribution < -0.4 is 0 Å². The molecule has 0 fully saturated rings. The first-order valence-corrected chi connectivity index (χ1v) is 4.68. The van der Waals surface area contributed by atoms with Gasteiger partial charge in [0.15, 0.2) is 0 Å². The van der Waals surface area contributed by atoms with Gasteiger partial charge in [0, 0.05) is 0 Å². The molecule has 0 radical (unpaired) electrons. The van der Waals surface area contributed by atoms with Crippen LogP contribution in [0.1, 0.15) is 20.8 Å². The Bertz CT molecular complexity index is 87.3. The summed E-state index contributed by atoms with van der Waals surface area (Å²) in [6.07, 6.45) is -1.68. The SMILES string of the molecule is CC(O)CO.CC(O)CO.CC(O)CO.Cl.Cl.Cl. The van der Waals surface area contributed by atoms with Gasteiger partial charge in [-0.25, -0.2) is 0 Å². The van der Waals surface area contributed by atoms with Gasteiger partial charge in [0.25, 0.3) is 0 Å². The van der Waals surface area contributed by atoms with E-state index in [0.29, 0.717) is 0 Å². The van der Waals surface area contributed by atoms with E-state index in [1.165, 1.54) is 20.8 Å². The van der Waals surface area contributed by atoms with Crippen molar-refractivity contribution >= 4 is 37.2 Å². The summed E-state index contributed by atoms with van der Waals surface area (Å²) in [6, 6.07) is 0. The van der Waals surface area contributed by atoms with E-state index in [1.54, 1.807) is 0 Å². The molecule has 120 valence electrons. The van der Waals surface area contributed by atoms with Crippen molar-refractivity contribution in [2.45, 2.75) is 39.1 Å². The van der Waals surface area contributed by atoms with Crippen molar-refractivity contribution in [3.63, 3.8) is 0 Å². The van der Waals surface area contributed by atoms with E-state index in [9.17, 15) is 0 Å². The van der Waals surface area contributed by atoms with Gasteiger partial charge in [0.2, 0.25) is 0 Å². The highest BCUT2D eigenvalue weighted by Crippen LogP contribution is 1.69. The number of rotatable bonds is 3. The number of hydrogen-bond acceptors (Lipinski definition) is 6. The Kier molecular flexibility index (Phi) is 61.6. The Morgan fingerprint density at radius 2 is 0.611 bits per heavy atom. The Morgan fingerprint density at radius 3 is 0.611 bits per heavy atom. The average Bonchev–Trinajstić information content (AvgIpc) is 2.19. The molecule has 0 aliphatic carbocycles. The van der Waals surface area contributed by atoms with Crippen LogP contribution in [0.4, 0.5) is 0 Å². The molecule has 0 aliphatic rings. The molecule has 9 heteroatoms. The molecule has 0 bridgehead atoms. The summed E-state index contributed by atoms with van der Waals surface area (Å²) >= 11 is 0. The average molecular weight is 338 g/mol. The van der Waals surface area contributed by atoms with Crippen LogP contribution in [0.3, 0.4) is 0 Å². The van der Waals surface area contributed by atoms with E-state index in [-0.39, 0.29) is 57.0 Å². The molecule has 0 heterocycles. The predicted octanol–water partition coefficient (Wildman–Crippen LogP) is -0.656. The Morgan fingerprint density at radius 1 is 0.556 bits per heavy atom. The monoisotopic (exact) mass is 336 g/mol. The summed E-state index contributed by atoms with van der Waals surface area (Å²) in [5, 5.41) is 48.0. The normalized spacial score (nSPS) is 12.5. The molecular formula is C9H27Cl3O6. The molecule has 0 amide bonds. The quantitative estimate of drug-likeness (QED) is 0.407. The first-order valence-electron chi connectivity index (χ1n) is 4.68. The van der Waals surface area contributed by atoms with Gasteiger partial charge >= 0.3 is 0 Å². The van der Waals surface area contributed by atoms with Crippen molar-refractivity contribution in [2.75, 3.05) is 19.8 Å². The standard InChI is InChI=1S/3C3H8O2.3ClH/c3*1-3(5)2-4;;;/h3*3-5H,2H2,1H3;3*1H. The molecule has 0 aromatic heterocycles. The fourth-order valence-electron chi connectivity index (χ4n) is 0. The van der Waals surface area contributed by atoms with Crippen molar-refractivity contribution in [1.82, 2.24) is 0 Å². The van der Waals surface area contributed by atoms with Crippen LogP contribution in [0.2, 0.25) is 0 Å². The molecular weight excluding hydrogens is 310 g/mol. The fraction of sp³-hybridized carbons (Fsp3) is 1.00. The van der Waals surface area contributed by atoms with Crippen LogP contribution in [0.5, 0.6) is 0 Å². The number of halogens is 3. The lowest BCUT2D eigenvalue weighted by atomic mass is 10.5. The summed E-state index contributed by atoms with van der Waals surface area (Å²) in [6.45, 7) is 4.17. The molecule has 6 nitrogen and oxygen atoms in total. The molecule has 0 rings (SSSR count). The van der Waals surface area contributed by atoms with Crippen LogP contribution in [-0.2, 0) is 0 Å². The smallest absolute Gasteiger partial charge is 0.0742 e. The van der Waals surface area contributed by atoms with Gasteiger partial charge in [-0.3, -0.25) is 0 Å². The third kappa shape index (κ3) is 92.4. The summed E-state index contributed by atoms with van der Waals surface area (Å²) < 4.78 is 0. The molecule has 0 saturated carbocycles. The van der Waals surface area contributed by atoms with Crippen molar-refractivity contribution in [3.8, 4) is 0 Å². The Hall–Kier alpha value is 0.630.